The van der Waals surface area contributed by atoms with E-state index in [2.05, 4.69) is 70.1 Å². The lowest BCUT2D eigenvalue weighted by Crippen LogP contribution is -2.46. The molecule has 1 fully saturated rings. The minimum Gasteiger partial charge on any atom is -0.369 e. The number of pyridine rings is 1. The van der Waals surface area contributed by atoms with Crippen LogP contribution in [-0.4, -0.2) is 45.8 Å². The first kappa shape index (κ1) is 17.7. The van der Waals surface area contributed by atoms with Crippen LogP contribution in [0.2, 0.25) is 0 Å². The highest BCUT2D eigenvalue weighted by atomic mass is 15.3. The molecule has 0 radical (unpaired) electrons. The van der Waals surface area contributed by atoms with Gasteiger partial charge in [0.1, 0.15) is 0 Å². The first-order chi connectivity index (χ1) is 13.2. The summed E-state index contributed by atoms with van der Waals surface area (Å²) in [7, 11) is 0. The van der Waals surface area contributed by atoms with E-state index >= 15 is 0 Å². The number of benzene rings is 1. The molecule has 2 aromatic heterocycles. The predicted octanol–water partition coefficient (Wildman–Crippen LogP) is 3.27. The fourth-order valence-corrected chi connectivity index (χ4v) is 3.82. The molecule has 0 amide bonds. The second-order valence-corrected chi connectivity index (χ2v) is 7.39. The van der Waals surface area contributed by atoms with Gasteiger partial charge >= 0.3 is 0 Å². The lowest BCUT2D eigenvalue weighted by atomic mass is 10.1. The summed E-state index contributed by atoms with van der Waals surface area (Å²) in [5, 5.41) is 4.30. The van der Waals surface area contributed by atoms with Gasteiger partial charge < -0.3 is 4.90 Å². The molecule has 5 nitrogen and oxygen atoms in total. The summed E-state index contributed by atoms with van der Waals surface area (Å²) in [6.45, 7) is 10.3. The Kier molecular flexibility index (Phi) is 5.21. The molecule has 3 aromatic rings. The number of piperazine rings is 1. The second-order valence-electron chi connectivity index (χ2n) is 7.39. The van der Waals surface area contributed by atoms with Gasteiger partial charge in [0.05, 0.1) is 6.54 Å². The van der Waals surface area contributed by atoms with E-state index in [9.17, 15) is 0 Å². The molecule has 27 heavy (non-hydrogen) atoms. The summed E-state index contributed by atoms with van der Waals surface area (Å²) in [6.07, 6.45) is 3.84. The molecule has 3 heterocycles. The first-order valence-electron chi connectivity index (χ1n) is 9.63. The minimum absolute atomic E-state index is 0.829. The number of aryl methyl sites for hydroxylation is 2. The van der Waals surface area contributed by atoms with Crippen LogP contribution >= 0.6 is 0 Å². The molecule has 1 aliphatic rings. The molecule has 0 bridgehead atoms. The van der Waals surface area contributed by atoms with Crippen LogP contribution < -0.4 is 4.90 Å². The van der Waals surface area contributed by atoms with Crippen molar-refractivity contribution in [3.8, 4) is 0 Å². The summed E-state index contributed by atoms with van der Waals surface area (Å²) >= 11 is 0. The van der Waals surface area contributed by atoms with Gasteiger partial charge in [-0.15, -0.1) is 0 Å². The SMILES string of the molecule is Cc1cc(N2CCN(Cc3cccc(Cn4cccn4)c3)CC2)cc(C)n1. The third-order valence-corrected chi connectivity index (χ3v) is 5.11. The van der Waals surface area contributed by atoms with Crippen molar-refractivity contribution in [2.45, 2.75) is 26.9 Å². The fourth-order valence-electron chi connectivity index (χ4n) is 3.82. The molecule has 0 spiro atoms. The Hall–Kier alpha value is -2.66. The van der Waals surface area contributed by atoms with Crippen molar-refractivity contribution in [1.29, 1.82) is 0 Å². The Bertz CT molecular complexity index is 859. The summed E-state index contributed by atoms with van der Waals surface area (Å²) in [5.74, 6) is 0. The molecule has 4 rings (SSSR count). The van der Waals surface area contributed by atoms with E-state index in [1.807, 2.05) is 23.1 Å². The molecule has 1 aliphatic heterocycles. The van der Waals surface area contributed by atoms with E-state index in [1.165, 1.54) is 16.8 Å². The van der Waals surface area contributed by atoms with Gasteiger partial charge in [-0.2, -0.15) is 5.10 Å². The van der Waals surface area contributed by atoms with E-state index in [0.717, 1.165) is 50.7 Å². The van der Waals surface area contributed by atoms with Crippen molar-refractivity contribution in [3.05, 3.63) is 77.4 Å². The number of anilines is 1. The van der Waals surface area contributed by atoms with Crippen LogP contribution in [0.15, 0.2) is 54.9 Å². The van der Waals surface area contributed by atoms with E-state index in [4.69, 9.17) is 0 Å². The molecule has 0 saturated carbocycles. The quantitative estimate of drug-likeness (QED) is 0.699. The zero-order valence-electron chi connectivity index (χ0n) is 16.2. The standard InChI is InChI=1S/C22H27N5/c1-18-13-22(14-19(2)24-18)26-11-9-25(10-12-26)16-20-5-3-6-21(15-20)17-27-8-4-7-23-27/h3-8,13-15H,9-12,16-17H2,1-2H3. The smallest absolute Gasteiger partial charge is 0.0659 e. The van der Waals surface area contributed by atoms with Crippen LogP contribution in [0.3, 0.4) is 0 Å². The zero-order valence-corrected chi connectivity index (χ0v) is 16.2. The summed E-state index contributed by atoms with van der Waals surface area (Å²) < 4.78 is 1.97. The highest BCUT2D eigenvalue weighted by Crippen LogP contribution is 2.19. The van der Waals surface area contributed by atoms with Crippen LogP contribution in [-0.2, 0) is 13.1 Å². The van der Waals surface area contributed by atoms with Crippen molar-refractivity contribution < 1.29 is 0 Å². The maximum atomic E-state index is 4.49. The number of hydrogen-bond acceptors (Lipinski definition) is 4. The zero-order chi connectivity index (χ0) is 18.6. The van der Waals surface area contributed by atoms with Crippen LogP contribution in [0.5, 0.6) is 0 Å². The van der Waals surface area contributed by atoms with Crippen LogP contribution in [0.25, 0.3) is 0 Å². The van der Waals surface area contributed by atoms with Crippen LogP contribution in [0.1, 0.15) is 22.5 Å². The minimum atomic E-state index is 0.829. The Labute approximate surface area is 161 Å². The second kappa shape index (κ2) is 7.92. The van der Waals surface area contributed by atoms with Crippen molar-refractivity contribution in [2.24, 2.45) is 0 Å². The van der Waals surface area contributed by atoms with Crippen molar-refractivity contribution >= 4 is 5.69 Å². The van der Waals surface area contributed by atoms with Gasteiger partial charge in [-0.05, 0) is 43.2 Å². The van der Waals surface area contributed by atoms with Gasteiger partial charge in [0.2, 0.25) is 0 Å². The summed E-state index contributed by atoms with van der Waals surface area (Å²) in [5.41, 5.74) is 6.19. The highest BCUT2D eigenvalue weighted by Gasteiger charge is 2.18. The number of aromatic nitrogens is 3. The first-order valence-corrected chi connectivity index (χ1v) is 9.63. The molecule has 1 aromatic carbocycles. The Morgan fingerprint density at radius 3 is 2.22 bits per heavy atom. The molecule has 5 heteroatoms. The van der Waals surface area contributed by atoms with Gasteiger partial charge in [0.15, 0.2) is 0 Å². The predicted molar refractivity (Wildman–Crippen MR) is 109 cm³/mol. The lowest BCUT2D eigenvalue weighted by molar-refractivity contribution is 0.250. The van der Waals surface area contributed by atoms with Gasteiger partial charge in [0.25, 0.3) is 0 Å². The molecular formula is C22H27N5. The fraction of sp³-hybridized carbons (Fsp3) is 0.364. The van der Waals surface area contributed by atoms with Crippen molar-refractivity contribution in [1.82, 2.24) is 19.7 Å². The third-order valence-electron chi connectivity index (χ3n) is 5.11. The van der Waals surface area contributed by atoms with Gasteiger partial charge in [0, 0.05) is 62.2 Å². The van der Waals surface area contributed by atoms with Crippen molar-refractivity contribution in [2.75, 3.05) is 31.1 Å². The largest absolute Gasteiger partial charge is 0.369 e. The molecular weight excluding hydrogens is 334 g/mol. The van der Waals surface area contributed by atoms with Crippen LogP contribution in [0, 0.1) is 13.8 Å². The molecule has 140 valence electrons. The molecule has 0 N–H and O–H groups in total. The maximum absolute atomic E-state index is 4.49. The Balaban J connectivity index is 1.35. The molecule has 1 saturated heterocycles. The van der Waals surface area contributed by atoms with E-state index in [1.54, 1.807) is 0 Å². The average molecular weight is 361 g/mol. The van der Waals surface area contributed by atoms with E-state index in [-0.39, 0.29) is 0 Å². The molecule has 0 atom stereocenters. The van der Waals surface area contributed by atoms with Crippen molar-refractivity contribution in [3.63, 3.8) is 0 Å². The third kappa shape index (κ3) is 4.55. The summed E-state index contributed by atoms with van der Waals surface area (Å²) in [4.78, 5) is 9.52. The van der Waals surface area contributed by atoms with Gasteiger partial charge in [-0.1, -0.05) is 24.3 Å². The number of nitrogens with zero attached hydrogens (tertiary/aromatic N) is 5. The van der Waals surface area contributed by atoms with E-state index < -0.39 is 0 Å². The topological polar surface area (TPSA) is 37.2 Å². The number of rotatable bonds is 5. The average Bonchev–Trinajstić information content (AvgIpc) is 3.15. The molecule has 0 aliphatic carbocycles. The monoisotopic (exact) mass is 361 g/mol. The van der Waals surface area contributed by atoms with E-state index in [0.29, 0.717) is 0 Å². The van der Waals surface area contributed by atoms with Gasteiger partial charge in [-0.25, -0.2) is 0 Å². The maximum Gasteiger partial charge on any atom is 0.0659 e. The van der Waals surface area contributed by atoms with Crippen LogP contribution in [0.4, 0.5) is 5.69 Å². The molecule has 0 unspecified atom stereocenters. The lowest BCUT2D eigenvalue weighted by Gasteiger charge is -2.36. The Morgan fingerprint density at radius 1 is 0.852 bits per heavy atom. The number of hydrogen-bond donors (Lipinski definition) is 0. The summed E-state index contributed by atoms with van der Waals surface area (Å²) in [6, 6.07) is 15.2. The highest BCUT2D eigenvalue weighted by molar-refractivity contribution is 5.48. The Morgan fingerprint density at radius 2 is 1.56 bits per heavy atom. The normalized spacial score (nSPS) is 15.3. The van der Waals surface area contributed by atoms with Gasteiger partial charge in [-0.3, -0.25) is 14.6 Å².